The summed E-state index contributed by atoms with van der Waals surface area (Å²) in [5.41, 5.74) is 8.29. The molecule has 0 atom stereocenters. The first-order valence-electron chi connectivity index (χ1n) is 6.06. The zero-order valence-corrected chi connectivity index (χ0v) is 12.3. The third kappa shape index (κ3) is 2.10. The van der Waals surface area contributed by atoms with Gasteiger partial charge < -0.3 is 0 Å². The molecule has 2 rings (SSSR count). The second kappa shape index (κ2) is 4.65. The molecule has 3 heteroatoms. The summed E-state index contributed by atoms with van der Waals surface area (Å²) in [7, 11) is 0. The molecule has 0 unspecified atom stereocenters. The van der Waals surface area contributed by atoms with E-state index in [0.717, 1.165) is 21.5 Å². The first kappa shape index (κ1) is 13.0. The Bertz CT molecular complexity index is 646. The summed E-state index contributed by atoms with van der Waals surface area (Å²) in [5.74, 6) is 0. The van der Waals surface area contributed by atoms with E-state index in [1.807, 2.05) is 6.92 Å². The van der Waals surface area contributed by atoms with Crippen molar-refractivity contribution in [3.05, 3.63) is 44.6 Å². The van der Waals surface area contributed by atoms with Crippen LogP contribution in [-0.2, 0) is 0 Å². The van der Waals surface area contributed by atoms with Crippen LogP contribution in [0.2, 0.25) is 0 Å². The molecule has 2 aromatic rings. The van der Waals surface area contributed by atoms with E-state index in [1.165, 1.54) is 22.3 Å². The number of hydrogen-bond donors (Lipinski definition) is 1. The molecular formula is C15H18N2S. The van der Waals surface area contributed by atoms with E-state index in [1.54, 1.807) is 0 Å². The topological polar surface area (TPSA) is 28.7 Å². The molecule has 1 aromatic carbocycles. The van der Waals surface area contributed by atoms with E-state index in [-0.39, 0.29) is 0 Å². The molecule has 0 amide bonds. The smallest absolute Gasteiger partial charge is 0.122 e. The van der Waals surface area contributed by atoms with Crippen molar-refractivity contribution < 1.29 is 0 Å². The summed E-state index contributed by atoms with van der Waals surface area (Å²) in [5, 5.41) is 7.37. The van der Waals surface area contributed by atoms with Gasteiger partial charge in [-0.1, -0.05) is 29.9 Å². The normalized spacial score (nSPS) is 10.7. The van der Waals surface area contributed by atoms with Gasteiger partial charge in [0.25, 0.3) is 0 Å². The predicted molar refractivity (Wildman–Crippen MR) is 78.5 cm³/mol. The molecule has 94 valence electrons. The van der Waals surface area contributed by atoms with Crippen LogP contribution in [0.3, 0.4) is 0 Å². The lowest BCUT2D eigenvalue weighted by atomic mass is 9.94. The van der Waals surface area contributed by atoms with Crippen LogP contribution in [0.15, 0.2) is 12.1 Å². The Morgan fingerprint density at radius 1 is 0.944 bits per heavy atom. The summed E-state index contributed by atoms with van der Waals surface area (Å²) >= 11 is 5.22. The number of rotatable bonds is 1. The van der Waals surface area contributed by atoms with E-state index >= 15 is 0 Å². The number of nitrogens with one attached hydrogen (secondary N) is 1. The van der Waals surface area contributed by atoms with Gasteiger partial charge in [-0.25, -0.2) is 0 Å². The van der Waals surface area contributed by atoms with Gasteiger partial charge in [-0.05, 0) is 56.9 Å². The molecule has 0 saturated carbocycles. The SMILES string of the molecule is Cc1cc(C)c(-c2n[nH]c(=S)c(C)c2C)c(C)c1. The van der Waals surface area contributed by atoms with Gasteiger partial charge in [0.1, 0.15) is 4.64 Å². The predicted octanol–water partition coefficient (Wildman–Crippen LogP) is 4.35. The molecule has 0 spiro atoms. The monoisotopic (exact) mass is 258 g/mol. The first-order chi connectivity index (χ1) is 8.41. The minimum absolute atomic E-state index is 0.721. The molecule has 0 saturated heterocycles. The lowest BCUT2D eigenvalue weighted by molar-refractivity contribution is 0.983. The van der Waals surface area contributed by atoms with Crippen molar-refractivity contribution in [2.75, 3.05) is 0 Å². The van der Waals surface area contributed by atoms with Crippen LogP contribution in [0.1, 0.15) is 27.8 Å². The number of aromatic nitrogens is 2. The quantitative estimate of drug-likeness (QED) is 0.770. The molecular weight excluding hydrogens is 240 g/mol. The van der Waals surface area contributed by atoms with Crippen molar-refractivity contribution in [3.8, 4) is 11.3 Å². The highest BCUT2D eigenvalue weighted by molar-refractivity contribution is 7.71. The molecule has 0 fully saturated rings. The molecule has 0 aliphatic carbocycles. The van der Waals surface area contributed by atoms with Crippen LogP contribution in [0.5, 0.6) is 0 Å². The molecule has 0 aliphatic rings. The van der Waals surface area contributed by atoms with Gasteiger partial charge in [-0.2, -0.15) is 5.10 Å². The van der Waals surface area contributed by atoms with Crippen molar-refractivity contribution in [2.24, 2.45) is 0 Å². The van der Waals surface area contributed by atoms with Crippen molar-refractivity contribution >= 4 is 12.2 Å². The van der Waals surface area contributed by atoms with Crippen LogP contribution in [0.4, 0.5) is 0 Å². The van der Waals surface area contributed by atoms with E-state index in [4.69, 9.17) is 12.2 Å². The molecule has 0 aliphatic heterocycles. The highest BCUT2D eigenvalue weighted by atomic mass is 32.1. The van der Waals surface area contributed by atoms with Crippen LogP contribution in [0, 0.1) is 39.3 Å². The van der Waals surface area contributed by atoms with E-state index in [2.05, 4.69) is 50.0 Å². The maximum atomic E-state index is 5.22. The Balaban J connectivity index is 2.78. The maximum Gasteiger partial charge on any atom is 0.122 e. The van der Waals surface area contributed by atoms with Gasteiger partial charge in [0.05, 0.1) is 5.69 Å². The Hall–Kier alpha value is -1.48. The number of aromatic amines is 1. The summed E-state index contributed by atoms with van der Waals surface area (Å²) in [6, 6.07) is 4.39. The molecule has 1 N–H and O–H groups in total. The molecule has 0 radical (unpaired) electrons. The lowest BCUT2D eigenvalue weighted by Gasteiger charge is -2.14. The van der Waals surface area contributed by atoms with Gasteiger partial charge in [-0.15, -0.1) is 0 Å². The van der Waals surface area contributed by atoms with Crippen molar-refractivity contribution in [2.45, 2.75) is 34.6 Å². The fraction of sp³-hybridized carbons (Fsp3) is 0.333. The Kier molecular flexibility index (Phi) is 3.35. The summed E-state index contributed by atoms with van der Waals surface area (Å²) in [4.78, 5) is 0. The summed E-state index contributed by atoms with van der Waals surface area (Å²) in [6.07, 6.45) is 0. The molecule has 2 nitrogen and oxygen atoms in total. The van der Waals surface area contributed by atoms with Crippen LogP contribution >= 0.6 is 12.2 Å². The van der Waals surface area contributed by atoms with E-state index in [9.17, 15) is 0 Å². The van der Waals surface area contributed by atoms with Gasteiger partial charge in [-0.3, -0.25) is 5.10 Å². The molecule has 1 heterocycles. The van der Waals surface area contributed by atoms with Crippen LogP contribution in [-0.4, -0.2) is 10.2 Å². The van der Waals surface area contributed by atoms with Gasteiger partial charge in [0, 0.05) is 5.56 Å². The van der Waals surface area contributed by atoms with Gasteiger partial charge in [0.15, 0.2) is 0 Å². The van der Waals surface area contributed by atoms with E-state index in [0.29, 0.717) is 0 Å². The van der Waals surface area contributed by atoms with Crippen molar-refractivity contribution in [3.63, 3.8) is 0 Å². The maximum absolute atomic E-state index is 5.22. The van der Waals surface area contributed by atoms with E-state index < -0.39 is 0 Å². The summed E-state index contributed by atoms with van der Waals surface area (Å²) < 4.78 is 0.721. The third-order valence-corrected chi connectivity index (χ3v) is 3.84. The molecule has 18 heavy (non-hydrogen) atoms. The average Bonchev–Trinajstić information content (AvgIpc) is 2.28. The first-order valence-corrected chi connectivity index (χ1v) is 6.46. The number of nitrogens with zero attached hydrogens (tertiary/aromatic N) is 1. The second-order valence-electron chi connectivity index (χ2n) is 4.93. The van der Waals surface area contributed by atoms with Gasteiger partial charge >= 0.3 is 0 Å². The standard InChI is InChI=1S/C15H18N2S/c1-8-6-9(2)13(10(3)7-8)14-11(4)12(5)15(18)17-16-14/h6-7H,1-5H3,(H,17,18). The molecule has 1 aromatic heterocycles. The average molecular weight is 258 g/mol. The number of hydrogen-bond acceptors (Lipinski definition) is 2. The third-order valence-electron chi connectivity index (χ3n) is 3.44. The number of benzene rings is 1. The van der Waals surface area contributed by atoms with Crippen LogP contribution in [0.25, 0.3) is 11.3 Å². The Morgan fingerprint density at radius 3 is 2.06 bits per heavy atom. The highest BCUT2D eigenvalue weighted by Gasteiger charge is 2.12. The minimum atomic E-state index is 0.721. The number of H-pyrrole nitrogens is 1. The highest BCUT2D eigenvalue weighted by Crippen LogP contribution is 2.29. The lowest BCUT2D eigenvalue weighted by Crippen LogP contribution is -2.00. The fourth-order valence-electron chi connectivity index (χ4n) is 2.42. The van der Waals surface area contributed by atoms with Gasteiger partial charge in [0.2, 0.25) is 0 Å². The minimum Gasteiger partial charge on any atom is -0.267 e. The van der Waals surface area contributed by atoms with Crippen LogP contribution < -0.4 is 0 Å². The Morgan fingerprint density at radius 2 is 1.50 bits per heavy atom. The summed E-state index contributed by atoms with van der Waals surface area (Å²) in [6.45, 7) is 10.5. The number of aryl methyl sites for hydroxylation is 3. The van der Waals surface area contributed by atoms with Crippen molar-refractivity contribution in [1.29, 1.82) is 0 Å². The van der Waals surface area contributed by atoms with Crippen molar-refractivity contribution in [1.82, 2.24) is 10.2 Å². The second-order valence-corrected chi connectivity index (χ2v) is 5.33. The zero-order chi connectivity index (χ0) is 13.4. The fourth-order valence-corrected chi connectivity index (χ4v) is 2.62. The molecule has 0 bridgehead atoms. The zero-order valence-electron chi connectivity index (χ0n) is 11.5. The Labute approximate surface area is 113 Å². The largest absolute Gasteiger partial charge is 0.267 e.